The van der Waals surface area contributed by atoms with Crippen molar-refractivity contribution in [1.29, 1.82) is 5.41 Å². The SMILES string of the molecule is N=CN(N)/N=C/c1cccc(OCc2ccc(C(F)(F)F)cc2)c1. The standard InChI is InChI=1S/C16H15F3N4O/c17-16(18,19)14-6-4-12(5-7-14)10-24-15-3-1-2-13(8-15)9-22-23(21)11-20/h1-9,11,20H,10,21H2/b20-11?,22-9+. The lowest BCUT2D eigenvalue weighted by atomic mass is 10.1. The predicted octanol–water partition coefficient (Wildman–Crippen LogP) is 3.40. The monoisotopic (exact) mass is 336 g/mol. The van der Waals surface area contributed by atoms with Crippen molar-refractivity contribution in [2.75, 3.05) is 0 Å². The molecule has 2 rings (SSSR count). The summed E-state index contributed by atoms with van der Waals surface area (Å²) in [6.45, 7) is 0.141. The van der Waals surface area contributed by atoms with Crippen molar-refractivity contribution in [1.82, 2.24) is 5.12 Å². The van der Waals surface area contributed by atoms with Crippen LogP contribution in [0.4, 0.5) is 13.2 Å². The van der Waals surface area contributed by atoms with Crippen LogP contribution in [-0.4, -0.2) is 17.7 Å². The number of halogens is 3. The number of nitrogens with two attached hydrogens (primary N) is 1. The van der Waals surface area contributed by atoms with Gasteiger partial charge in [-0.3, -0.25) is 5.41 Å². The van der Waals surface area contributed by atoms with E-state index in [1.165, 1.54) is 18.3 Å². The van der Waals surface area contributed by atoms with Crippen molar-refractivity contribution in [2.24, 2.45) is 10.9 Å². The minimum absolute atomic E-state index is 0.141. The van der Waals surface area contributed by atoms with E-state index in [2.05, 4.69) is 5.10 Å². The number of hydrogen-bond acceptors (Lipinski definition) is 4. The lowest BCUT2D eigenvalue weighted by Gasteiger charge is -2.09. The van der Waals surface area contributed by atoms with Gasteiger partial charge >= 0.3 is 6.18 Å². The molecule has 0 bridgehead atoms. The first-order valence-electron chi connectivity index (χ1n) is 6.86. The van der Waals surface area contributed by atoms with Crippen LogP contribution in [0.1, 0.15) is 16.7 Å². The molecule has 0 fully saturated rings. The van der Waals surface area contributed by atoms with Gasteiger partial charge in [0.05, 0.1) is 11.8 Å². The van der Waals surface area contributed by atoms with E-state index in [9.17, 15) is 13.2 Å². The highest BCUT2D eigenvalue weighted by Crippen LogP contribution is 2.29. The van der Waals surface area contributed by atoms with Crippen molar-refractivity contribution < 1.29 is 17.9 Å². The maximum atomic E-state index is 12.5. The summed E-state index contributed by atoms with van der Waals surface area (Å²) in [7, 11) is 0. The highest BCUT2D eigenvalue weighted by atomic mass is 19.4. The van der Waals surface area contributed by atoms with Crippen LogP contribution in [0.15, 0.2) is 53.6 Å². The molecule has 8 heteroatoms. The molecule has 0 aliphatic carbocycles. The van der Waals surface area contributed by atoms with Crippen LogP contribution in [0, 0.1) is 5.41 Å². The van der Waals surface area contributed by atoms with Crippen LogP contribution in [0.5, 0.6) is 5.75 Å². The molecule has 0 heterocycles. The zero-order chi connectivity index (χ0) is 17.6. The topological polar surface area (TPSA) is 74.7 Å². The highest BCUT2D eigenvalue weighted by Gasteiger charge is 2.29. The summed E-state index contributed by atoms with van der Waals surface area (Å²) >= 11 is 0. The molecule has 0 aliphatic rings. The normalized spacial score (nSPS) is 11.5. The largest absolute Gasteiger partial charge is 0.489 e. The van der Waals surface area contributed by atoms with Gasteiger partial charge < -0.3 is 4.74 Å². The summed E-state index contributed by atoms with van der Waals surface area (Å²) in [6, 6.07) is 11.7. The molecule has 0 aliphatic heterocycles. The molecule has 0 radical (unpaired) electrons. The maximum Gasteiger partial charge on any atom is 0.416 e. The predicted molar refractivity (Wildman–Crippen MR) is 84.6 cm³/mol. The number of hydrazone groups is 1. The number of ether oxygens (including phenoxy) is 1. The summed E-state index contributed by atoms with van der Waals surface area (Å²) in [6.07, 6.45) is -2.04. The number of alkyl halides is 3. The Morgan fingerprint density at radius 3 is 2.50 bits per heavy atom. The third-order valence-electron chi connectivity index (χ3n) is 3.02. The second-order valence-electron chi connectivity index (χ2n) is 4.81. The van der Waals surface area contributed by atoms with E-state index in [1.807, 2.05) is 0 Å². The Balaban J connectivity index is 1.99. The highest BCUT2D eigenvalue weighted by molar-refractivity contribution is 5.80. The molecule has 2 aromatic rings. The molecule has 3 N–H and O–H groups in total. The zero-order valence-corrected chi connectivity index (χ0v) is 12.5. The van der Waals surface area contributed by atoms with E-state index >= 15 is 0 Å². The summed E-state index contributed by atoms with van der Waals surface area (Å²) in [4.78, 5) is 0. The fourth-order valence-electron chi connectivity index (χ4n) is 1.81. The molecule has 0 saturated carbocycles. The average Bonchev–Trinajstić information content (AvgIpc) is 2.58. The molecule has 0 spiro atoms. The van der Waals surface area contributed by atoms with Crippen molar-refractivity contribution in [2.45, 2.75) is 12.8 Å². The Kier molecular flexibility index (Phi) is 5.54. The number of rotatable bonds is 6. The Morgan fingerprint density at radius 1 is 1.17 bits per heavy atom. The summed E-state index contributed by atoms with van der Waals surface area (Å²) in [5.41, 5.74) is 0.637. The Labute approximate surface area is 136 Å². The van der Waals surface area contributed by atoms with Gasteiger partial charge in [0, 0.05) is 0 Å². The van der Waals surface area contributed by atoms with Crippen molar-refractivity contribution in [3.63, 3.8) is 0 Å². The average molecular weight is 336 g/mol. The van der Waals surface area contributed by atoms with Gasteiger partial charge in [-0.15, -0.1) is 0 Å². The molecule has 0 amide bonds. The smallest absolute Gasteiger partial charge is 0.416 e. The Bertz CT molecular complexity index is 714. The fraction of sp³-hybridized carbons (Fsp3) is 0.125. The van der Waals surface area contributed by atoms with Crippen LogP contribution in [0.2, 0.25) is 0 Å². The first-order chi connectivity index (χ1) is 11.4. The minimum Gasteiger partial charge on any atom is -0.489 e. The van der Waals surface area contributed by atoms with E-state index in [-0.39, 0.29) is 6.61 Å². The van der Waals surface area contributed by atoms with E-state index < -0.39 is 11.7 Å². The molecule has 126 valence electrons. The lowest BCUT2D eigenvalue weighted by molar-refractivity contribution is -0.137. The van der Waals surface area contributed by atoms with Crippen LogP contribution in [0.25, 0.3) is 0 Å². The minimum atomic E-state index is -4.35. The third kappa shape index (κ3) is 5.10. The van der Waals surface area contributed by atoms with Crippen LogP contribution >= 0.6 is 0 Å². The molecular formula is C16H15F3N4O. The Hall–Kier alpha value is -2.87. The lowest BCUT2D eigenvalue weighted by Crippen LogP contribution is -2.22. The quantitative estimate of drug-likeness (QED) is 0.367. The van der Waals surface area contributed by atoms with Crippen LogP contribution < -0.4 is 10.6 Å². The maximum absolute atomic E-state index is 12.5. The van der Waals surface area contributed by atoms with Gasteiger partial charge in [-0.05, 0) is 35.4 Å². The van der Waals surface area contributed by atoms with Gasteiger partial charge in [-0.1, -0.05) is 24.3 Å². The van der Waals surface area contributed by atoms with E-state index in [4.69, 9.17) is 16.0 Å². The van der Waals surface area contributed by atoms with Crippen molar-refractivity contribution >= 4 is 12.6 Å². The van der Waals surface area contributed by atoms with Crippen molar-refractivity contribution in [3.05, 3.63) is 65.2 Å². The second kappa shape index (κ2) is 7.60. The number of nitrogens with zero attached hydrogens (tertiary/aromatic N) is 2. The van der Waals surface area contributed by atoms with Gasteiger partial charge in [0.1, 0.15) is 18.7 Å². The van der Waals surface area contributed by atoms with E-state index in [1.54, 1.807) is 24.3 Å². The van der Waals surface area contributed by atoms with Gasteiger partial charge in [-0.25, -0.2) is 5.84 Å². The number of benzene rings is 2. The first kappa shape index (κ1) is 17.5. The van der Waals surface area contributed by atoms with E-state index in [0.717, 1.165) is 23.6 Å². The van der Waals surface area contributed by atoms with Gasteiger partial charge in [0.2, 0.25) is 0 Å². The fourth-order valence-corrected chi connectivity index (χ4v) is 1.81. The molecule has 24 heavy (non-hydrogen) atoms. The molecular weight excluding hydrogens is 321 g/mol. The summed E-state index contributed by atoms with van der Waals surface area (Å²) in [5.74, 6) is 5.86. The third-order valence-corrected chi connectivity index (χ3v) is 3.02. The number of nitrogens with one attached hydrogen (secondary N) is 1. The van der Waals surface area contributed by atoms with Crippen molar-refractivity contribution in [3.8, 4) is 5.75 Å². The summed E-state index contributed by atoms with van der Waals surface area (Å²) < 4.78 is 43.1. The van der Waals surface area contributed by atoms with Gasteiger partial charge in [-0.2, -0.15) is 23.4 Å². The van der Waals surface area contributed by atoms with Crippen LogP contribution in [0.3, 0.4) is 0 Å². The summed E-state index contributed by atoms with van der Waals surface area (Å²) in [5, 5.41) is 11.5. The molecule has 0 atom stereocenters. The molecule has 0 unspecified atom stereocenters. The van der Waals surface area contributed by atoms with Crippen LogP contribution in [-0.2, 0) is 12.8 Å². The first-order valence-corrected chi connectivity index (χ1v) is 6.86. The second-order valence-corrected chi connectivity index (χ2v) is 4.81. The molecule has 0 saturated heterocycles. The Morgan fingerprint density at radius 2 is 1.88 bits per heavy atom. The zero-order valence-electron chi connectivity index (χ0n) is 12.5. The van der Waals surface area contributed by atoms with E-state index in [0.29, 0.717) is 16.9 Å². The van der Waals surface area contributed by atoms with Gasteiger partial charge in [0.25, 0.3) is 0 Å². The number of hydrogen-bond donors (Lipinski definition) is 2. The number of hydrazine groups is 1. The molecule has 2 aromatic carbocycles. The molecule has 5 nitrogen and oxygen atoms in total. The molecule has 0 aromatic heterocycles. The van der Waals surface area contributed by atoms with Gasteiger partial charge in [0.15, 0.2) is 0 Å².